The smallest absolute Gasteiger partial charge is 0.409 e. The fraction of sp³-hybridized carbons (Fsp3) is 0.381. The molecule has 0 spiro atoms. The SMILES string of the molecule is CCN(CC)c1ccc2c(c1)OC(=O)N(c1ccc(Cl)c(Cl)c1)P2(=S)OC1CCCO1. The van der Waals surface area contributed by atoms with Crippen molar-refractivity contribution in [3.63, 3.8) is 0 Å². The van der Waals surface area contributed by atoms with Gasteiger partial charge >= 0.3 is 6.09 Å². The molecule has 0 radical (unpaired) electrons. The highest BCUT2D eigenvalue weighted by Crippen LogP contribution is 2.59. The Morgan fingerprint density at radius 2 is 1.97 bits per heavy atom. The van der Waals surface area contributed by atoms with Gasteiger partial charge in [0, 0.05) is 37.9 Å². The highest BCUT2D eigenvalue weighted by atomic mass is 35.5. The van der Waals surface area contributed by atoms with Gasteiger partial charge in [0.1, 0.15) is 5.75 Å². The van der Waals surface area contributed by atoms with Crippen LogP contribution in [-0.4, -0.2) is 32.1 Å². The molecule has 1 saturated heterocycles. The van der Waals surface area contributed by atoms with Gasteiger partial charge in [0.25, 0.3) is 0 Å². The zero-order valence-electron chi connectivity index (χ0n) is 17.2. The molecular weight excluding hydrogens is 478 g/mol. The maximum absolute atomic E-state index is 13.2. The molecule has 0 N–H and O–H groups in total. The van der Waals surface area contributed by atoms with Gasteiger partial charge in [-0.05, 0) is 62.4 Å². The molecular formula is C21H23Cl2N2O4PS. The number of carbonyl (C=O) groups is 1. The van der Waals surface area contributed by atoms with E-state index in [9.17, 15) is 4.79 Å². The number of halogens is 2. The number of fused-ring (bicyclic) bond motifs is 1. The van der Waals surface area contributed by atoms with E-state index in [-0.39, 0.29) is 0 Å². The van der Waals surface area contributed by atoms with Crippen LogP contribution in [-0.2, 0) is 21.1 Å². The first-order chi connectivity index (χ1) is 14.9. The van der Waals surface area contributed by atoms with Gasteiger partial charge in [0.2, 0.25) is 6.42 Å². The van der Waals surface area contributed by atoms with E-state index in [1.165, 1.54) is 4.67 Å². The first-order valence-corrected chi connectivity index (χ1v) is 13.6. The van der Waals surface area contributed by atoms with E-state index in [1.807, 2.05) is 18.2 Å². The fourth-order valence-electron chi connectivity index (χ4n) is 3.72. The van der Waals surface area contributed by atoms with Crippen molar-refractivity contribution >= 4 is 64.2 Å². The van der Waals surface area contributed by atoms with Crippen LogP contribution < -0.4 is 19.6 Å². The van der Waals surface area contributed by atoms with Crippen LogP contribution in [0.5, 0.6) is 5.75 Å². The molecule has 2 atom stereocenters. The van der Waals surface area contributed by atoms with E-state index < -0.39 is 18.8 Å². The van der Waals surface area contributed by atoms with Gasteiger partial charge in [-0.3, -0.25) is 4.52 Å². The number of anilines is 2. The van der Waals surface area contributed by atoms with Crippen molar-refractivity contribution in [2.75, 3.05) is 29.3 Å². The van der Waals surface area contributed by atoms with Crippen LogP contribution in [0.4, 0.5) is 16.2 Å². The zero-order valence-corrected chi connectivity index (χ0v) is 20.4. The molecule has 0 saturated carbocycles. The topological polar surface area (TPSA) is 51.2 Å². The van der Waals surface area contributed by atoms with Crippen LogP contribution in [0.15, 0.2) is 36.4 Å². The van der Waals surface area contributed by atoms with Gasteiger partial charge in [-0.1, -0.05) is 23.2 Å². The third-order valence-electron chi connectivity index (χ3n) is 5.31. The summed E-state index contributed by atoms with van der Waals surface area (Å²) in [7, 11) is 0. The van der Waals surface area contributed by atoms with Crippen molar-refractivity contribution in [1.29, 1.82) is 0 Å². The predicted molar refractivity (Wildman–Crippen MR) is 129 cm³/mol. The van der Waals surface area contributed by atoms with E-state index in [0.717, 1.165) is 31.6 Å². The third kappa shape index (κ3) is 4.32. The van der Waals surface area contributed by atoms with Crippen LogP contribution in [0, 0.1) is 0 Å². The largest absolute Gasteiger partial charge is 0.425 e. The second-order valence-corrected chi connectivity index (χ2v) is 11.6. The molecule has 0 bridgehead atoms. The molecule has 1 amide bonds. The summed E-state index contributed by atoms with van der Waals surface area (Å²) in [5.74, 6) is 0.423. The molecule has 31 heavy (non-hydrogen) atoms. The summed E-state index contributed by atoms with van der Waals surface area (Å²) >= 11 is 18.4. The summed E-state index contributed by atoms with van der Waals surface area (Å²) in [6, 6.07) is 10.6. The molecule has 1 fully saturated rings. The first-order valence-electron chi connectivity index (χ1n) is 10.1. The monoisotopic (exact) mass is 500 g/mol. The van der Waals surface area contributed by atoms with Gasteiger partial charge in [0.05, 0.1) is 21.0 Å². The van der Waals surface area contributed by atoms with Crippen molar-refractivity contribution < 1.29 is 18.8 Å². The van der Waals surface area contributed by atoms with Gasteiger partial charge in [-0.2, -0.15) is 0 Å². The molecule has 2 aromatic rings. The van der Waals surface area contributed by atoms with Crippen LogP contribution in [0.3, 0.4) is 0 Å². The number of benzene rings is 2. The lowest BCUT2D eigenvalue weighted by Crippen LogP contribution is -2.42. The van der Waals surface area contributed by atoms with Crippen molar-refractivity contribution in [3.8, 4) is 5.75 Å². The third-order valence-corrected chi connectivity index (χ3v) is 9.80. The summed E-state index contributed by atoms with van der Waals surface area (Å²) in [4.78, 5) is 15.4. The summed E-state index contributed by atoms with van der Waals surface area (Å²) in [6.45, 7) is 6.42. The van der Waals surface area contributed by atoms with Crippen molar-refractivity contribution in [1.82, 2.24) is 0 Å². The second kappa shape index (κ2) is 9.26. The van der Waals surface area contributed by atoms with Gasteiger partial charge in [-0.15, -0.1) is 0 Å². The zero-order chi connectivity index (χ0) is 22.2. The Balaban J connectivity index is 1.83. The number of carbonyl (C=O) groups excluding carboxylic acids is 1. The first kappa shape index (κ1) is 22.8. The molecule has 0 aromatic heterocycles. The van der Waals surface area contributed by atoms with E-state index in [0.29, 0.717) is 33.4 Å². The Bertz CT molecular complexity index is 1040. The van der Waals surface area contributed by atoms with E-state index in [2.05, 4.69) is 18.7 Å². The average molecular weight is 501 g/mol. The molecule has 2 aliphatic rings. The van der Waals surface area contributed by atoms with Crippen LogP contribution in [0.25, 0.3) is 0 Å². The van der Waals surface area contributed by atoms with E-state index in [1.54, 1.807) is 18.2 Å². The highest BCUT2D eigenvalue weighted by Gasteiger charge is 2.45. The maximum Gasteiger partial charge on any atom is 0.425 e. The molecule has 2 unspecified atom stereocenters. The number of ether oxygens (including phenoxy) is 2. The standard InChI is InChI=1S/C21H23Cl2N2O4PS/c1-3-24(4-2)14-8-10-19-18(13-14)28-21(26)25(15-7-9-16(22)17(23)12-15)30(19,31)29-20-6-5-11-27-20/h7-10,12-13,20H,3-6,11H2,1-2H3. The van der Waals surface area contributed by atoms with Crippen LogP contribution in [0.1, 0.15) is 26.7 Å². The van der Waals surface area contributed by atoms with Crippen molar-refractivity contribution in [2.45, 2.75) is 33.0 Å². The molecule has 4 rings (SSSR count). The van der Waals surface area contributed by atoms with Gasteiger partial charge < -0.3 is 14.4 Å². The predicted octanol–water partition coefficient (Wildman–Crippen LogP) is 5.95. The highest BCUT2D eigenvalue weighted by molar-refractivity contribution is 8.17. The minimum atomic E-state index is -3.10. The Morgan fingerprint density at radius 1 is 1.19 bits per heavy atom. The number of amides is 1. The minimum absolute atomic E-state index is 0.313. The summed E-state index contributed by atoms with van der Waals surface area (Å²) in [5, 5.41) is 1.36. The second-order valence-electron chi connectivity index (χ2n) is 7.17. The average Bonchev–Trinajstić information content (AvgIpc) is 3.24. The Labute approximate surface area is 197 Å². The lowest BCUT2D eigenvalue weighted by atomic mass is 10.2. The Hall–Kier alpha value is -1.34. The quantitative estimate of drug-likeness (QED) is 0.457. The number of hydrogen-bond donors (Lipinski definition) is 0. The number of hydrogen-bond acceptors (Lipinski definition) is 6. The van der Waals surface area contributed by atoms with Crippen molar-refractivity contribution in [3.05, 3.63) is 46.4 Å². The fourth-order valence-corrected chi connectivity index (χ4v) is 7.48. The lowest BCUT2D eigenvalue weighted by Gasteiger charge is -2.39. The molecule has 2 aliphatic heterocycles. The normalized spacial score (nSPS) is 22.9. The summed E-state index contributed by atoms with van der Waals surface area (Å²) in [5.41, 5.74) is 1.43. The molecule has 2 heterocycles. The Kier molecular flexibility index (Phi) is 6.82. The lowest BCUT2D eigenvalue weighted by molar-refractivity contribution is -0.0316. The van der Waals surface area contributed by atoms with Crippen LogP contribution in [0.2, 0.25) is 10.0 Å². The maximum atomic E-state index is 13.2. The van der Waals surface area contributed by atoms with E-state index in [4.69, 9.17) is 49.0 Å². The molecule has 166 valence electrons. The van der Waals surface area contributed by atoms with Gasteiger partial charge in [-0.25, -0.2) is 9.46 Å². The van der Waals surface area contributed by atoms with Gasteiger partial charge in [0.15, 0.2) is 6.29 Å². The molecule has 6 nitrogen and oxygen atoms in total. The Morgan fingerprint density at radius 3 is 2.61 bits per heavy atom. The summed E-state index contributed by atoms with van der Waals surface area (Å²) < 4.78 is 19.2. The number of rotatable bonds is 6. The number of nitrogens with zero attached hydrogens (tertiary/aromatic N) is 2. The molecule has 10 heteroatoms. The van der Waals surface area contributed by atoms with E-state index >= 15 is 0 Å². The molecule has 2 aromatic carbocycles. The minimum Gasteiger partial charge on any atom is -0.409 e. The molecule has 0 aliphatic carbocycles. The van der Waals surface area contributed by atoms with Crippen LogP contribution >= 0.6 is 29.6 Å². The summed E-state index contributed by atoms with van der Waals surface area (Å²) in [6.07, 6.45) is -2.58. The van der Waals surface area contributed by atoms with Crippen molar-refractivity contribution in [2.24, 2.45) is 0 Å².